The Balaban J connectivity index is 2.16. The largest absolute Gasteiger partial charge is 0.480 e. The zero-order valence-electron chi connectivity index (χ0n) is 12.3. The maximum absolute atomic E-state index is 12.9. The molecule has 1 N–H and O–H groups in total. The average Bonchev–Trinajstić information content (AvgIpc) is 2.39. The first-order valence-corrected chi connectivity index (χ1v) is 7.08. The lowest BCUT2D eigenvalue weighted by Gasteiger charge is -2.44. The molecule has 1 aromatic rings. The van der Waals surface area contributed by atoms with E-state index in [0.29, 0.717) is 12.1 Å². The molecule has 4 nitrogen and oxygen atoms in total. The highest BCUT2D eigenvalue weighted by Gasteiger charge is 2.44. The first-order valence-electron chi connectivity index (χ1n) is 7.08. The molecule has 0 saturated carbocycles. The predicted octanol–water partition coefficient (Wildman–Crippen LogP) is 2.47. The minimum absolute atomic E-state index is 0.0974. The highest BCUT2D eigenvalue weighted by Crippen LogP contribution is 2.35. The fraction of sp³-hybridized carbons (Fsp3) is 0.500. The number of carbonyl (C=O) groups excluding carboxylic acids is 1. The van der Waals surface area contributed by atoms with E-state index >= 15 is 0 Å². The van der Waals surface area contributed by atoms with E-state index in [-0.39, 0.29) is 18.1 Å². The Hall–Kier alpha value is -1.91. The van der Waals surface area contributed by atoms with Crippen molar-refractivity contribution >= 4 is 11.9 Å². The van der Waals surface area contributed by atoms with Gasteiger partial charge < -0.3 is 10.0 Å². The number of benzene rings is 1. The van der Waals surface area contributed by atoms with Gasteiger partial charge in [-0.3, -0.25) is 4.79 Å². The fourth-order valence-electron chi connectivity index (χ4n) is 3.01. The van der Waals surface area contributed by atoms with E-state index in [1.54, 1.807) is 12.1 Å². The lowest BCUT2D eigenvalue weighted by Crippen LogP contribution is -2.56. The molecule has 1 saturated heterocycles. The number of hydrogen-bond acceptors (Lipinski definition) is 2. The zero-order valence-corrected chi connectivity index (χ0v) is 12.3. The molecular weight excluding hydrogens is 273 g/mol. The summed E-state index contributed by atoms with van der Waals surface area (Å²) in [6.45, 7) is 4.21. The van der Waals surface area contributed by atoms with Gasteiger partial charge in [0.15, 0.2) is 0 Å². The number of piperidine rings is 1. The number of aliphatic carboxylic acids is 1. The quantitative estimate of drug-likeness (QED) is 0.931. The van der Waals surface area contributed by atoms with Crippen LogP contribution in [-0.2, 0) is 16.0 Å². The molecule has 114 valence electrons. The average molecular weight is 293 g/mol. The second kappa shape index (κ2) is 5.84. The van der Waals surface area contributed by atoms with Gasteiger partial charge in [-0.05, 0) is 36.0 Å². The number of amides is 1. The van der Waals surface area contributed by atoms with Crippen molar-refractivity contribution in [1.82, 2.24) is 4.90 Å². The topological polar surface area (TPSA) is 57.6 Å². The van der Waals surface area contributed by atoms with Gasteiger partial charge in [-0.25, -0.2) is 9.18 Å². The number of hydrogen-bond donors (Lipinski definition) is 1. The third-order valence-corrected chi connectivity index (χ3v) is 4.09. The number of carbonyl (C=O) groups is 2. The number of halogens is 1. The van der Waals surface area contributed by atoms with Crippen molar-refractivity contribution in [2.24, 2.45) is 5.41 Å². The second-order valence-electron chi connectivity index (χ2n) is 6.22. The van der Waals surface area contributed by atoms with Crippen molar-refractivity contribution in [1.29, 1.82) is 0 Å². The molecule has 0 spiro atoms. The van der Waals surface area contributed by atoms with Crippen molar-refractivity contribution < 1.29 is 19.1 Å². The minimum Gasteiger partial charge on any atom is -0.480 e. The summed E-state index contributed by atoms with van der Waals surface area (Å²) in [5.41, 5.74) is 0.247. The lowest BCUT2D eigenvalue weighted by atomic mass is 9.76. The van der Waals surface area contributed by atoms with Crippen LogP contribution in [0.5, 0.6) is 0 Å². The number of nitrogens with zero attached hydrogens (tertiary/aromatic N) is 1. The number of carboxylic acid groups (broad SMARTS) is 1. The summed E-state index contributed by atoms with van der Waals surface area (Å²) in [4.78, 5) is 25.4. The molecule has 1 heterocycles. The molecule has 0 aliphatic carbocycles. The van der Waals surface area contributed by atoms with Crippen LogP contribution in [0.3, 0.4) is 0 Å². The highest BCUT2D eigenvalue weighted by molar-refractivity contribution is 5.85. The second-order valence-corrected chi connectivity index (χ2v) is 6.22. The molecule has 1 atom stereocenters. The number of carboxylic acids is 1. The van der Waals surface area contributed by atoms with Crippen molar-refractivity contribution in [3.05, 3.63) is 35.6 Å². The molecule has 1 aliphatic rings. The van der Waals surface area contributed by atoms with Crippen LogP contribution in [0.15, 0.2) is 24.3 Å². The first kappa shape index (κ1) is 15.5. The molecule has 1 aliphatic heterocycles. The molecule has 5 heteroatoms. The van der Waals surface area contributed by atoms with Crippen molar-refractivity contribution in [3.63, 3.8) is 0 Å². The molecule has 1 aromatic carbocycles. The Morgan fingerprint density at radius 2 is 1.95 bits per heavy atom. The van der Waals surface area contributed by atoms with Crippen molar-refractivity contribution in [3.8, 4) is 0 Å². The van der Waals surface area contributed by atoms with Crippen LogP contribution in [0.2, 0.25) is 0 Å². The van der Waals surface area contributed by atoms with Crippen LogP contribution in [0.1, 0.15) is 32.3 Å². The highest BCUT2D eigenvalue weighted by atomic mass is 19.1. The summed E-state index contributed by atoms with van der Waals surface area (Å²) >= 11 is 0. The van der Waals surface area contributed by atoms with E-state index < -0.39 is 17.4 Å². The molecule has 2 rings (SSSR count). The Bertz CT molecular complexity index is 539. The summed E-state index contributed by atoms with van der Waals surface area (Å²) in [5.74, 6) is -1.54. The first-order chi connectivity index (χ1) is 9.81. The molecule has 0 radical (unpaired) electrons. The molecular formula is C16H20FNO3. The van der Waals surface area contributed by atoms with E-state index in [2.05, 4.69) is 0 Å². The molecule has 1 fully saturated rings. The van der Waals surface area contributed by atoms with Crippen LogP contribution < -0.4 is 0 Å². The van der Waals surface area contributed by atoms with Crippen LogP contribution in [-0.4, -0.2) is 34.5 Å². The molecule has 0 bridgehead atoms. The number of rotatable bonds is 3. The van der Waals surface area contributed by atoms with Crippen molar-refractivity contribution in [2.45, 2.75) is 39.2 Å². The summed E-state index contributed by atoms with van der Waals surface area (Å²) < 4.78 is 12.9. The van der Waals surface area contributed by atoms with E-state index in [1.165, 1.54) is 17.0 Å². The standard InChI is InChI=1S/C16H20FNO3/c1-16(2)8-3-9-18(14(16)15(20)21)13(19)10-11-4-6-12(17)7-5-11/h4-7,14H,3,8-10H2,1-2H3,(H,20,21). The lowest BCUT2D eigenvalue weighted by molar-refractivity contribution is -0.158. The maximum Gasteiger partial charge on any atom is 0.326 e. The number of likely N-dealkylation sites (tertiary alicyclic amines) is 1. The van der Waals surface area contributed by atoms with E-state index in [1.807, 2.05) is 13.8 Å². The summed E-state index contributed by atoms with van der Waals surface area (Å²) in [5, 5.41) is 9.45. The summed E-state index contributed by atoms with van der Waals surface area (Å²) in [6.07, 6.45) is 1.68. The van der Waals surface area contributed by atoms with Gasteiger partial charge in [0, 0.05) is 6.54 Å². The summed E-state index contributed by atoms with van der Waals surface area (Å²) in [6, 6.07) is 4.91. The third kappa shape index (κ3) is 3.40. The molecule has 1 amide bonds. The van der Waals surface area contributed by atoms with Gasteiger partial charge in [-0.15, -0.1) is 0 Å². The van der Waals surface area contributed by atoms with Gasteiger partial charge in [0.25, 0.3) is 0 Å². The Morgan fingerprint density at radius 1 is 1.33 bits per heavy atom. The fourth-order valence-corrected chi connectivity index (χ4v) is 3.01. The predicted molar refractivity (Wildman–Crippen MR) is 76.3 cm³/mol. The zero-order chi connectivity index (χ0) is 15.6. The van der Waals surface area contributed by atoms with Gasteiger partial charge in [-0.2, -0.15) is 0 Å². The van der Waals surface area contributed by atoms with Gasteiger partial charge in [0.2, 0.25) is 5.91 Å². The van der Waals surface area contributed by atoms with Gasteiger partial charge in [0.1, 0.15) is 11.9 Å². The maximum atomic E-state index is 12.9. The van der Waals surface area contributed by atoms with E-state index in [9.17, 15) is 19.1 Å². The molecule has 21 heavy (non-hydrogen) atoms. The van der Waals surface area contributed by atoms with Gasteiger partial charge in [0.05, 0.1) is 6.42 Å². The third-order valence-electron chi connectivity index (χ3n) is 4.09. The minimum atomic E-state index is -0.966. The van der Waals surface area contributed by atoms with Crippen LogP contribution in [0.25, 0.3) is 0 Å². The normalized spacial score (nSPS) is 21.1. The smallest absolute Gasteiger partial charge is 0.326 e. The Morgan fingerprint density at radius 3 is 2.52 bits per heavy atom. The Kier molecular flexibility index (Phi) is 4.30. The van der Waals surface area contributed by atoms with E-state index in [4.69, 9.17) is 0 Å². The molecule has 0 aromatic heterocycles. The van der Waals surface area contributed by atoms with Gasteiger partial charge >= 0.3 is 5.97 Å². The van der Waals surface area contributed by atoms with Crippen LogP contribution >= 0.6 is 0 Å². The monoisotopic (exact) mass is 293 g/mol. The van der Waals surface area contributed by atoms with Crippen molar-refractivity contribution in [2.75, 3.05) is 6.54 Å². The summed E-state index contributed by atoms with van der Waals surface area (Å²) in [7, 11) is 0. The Labute approximate surface area is 123 Å². The van der Waals surface area contributed by atoms with Crippen LogP contribution in [0.4, 0.5) is 4.39 Å². The van der Waals surface area contributed by atoms with Gasteiger partial charge in [-0.1, -0.05) is 26.0 Å². The molecule has 1 unspecified atom stereocenters. The SMILES string of the molecule is CC1(C)CCCN(C(=O)Cc2ccc(F)cc2)C1C(=O)O. The van der Waals surface area contributed by atoms with E-state index in [0.717, 1.165) is 12.8 Å². The van der Waals surface area contributed by atoms with Crippen LogP contribution in [0, 0.1) is 11.2 Å².